The topological polar surface area (TPSA) is 75.1 Å². The molecule has 7 nitrogen and oxygen atoms in total. The molecule has 3 saturated heterocycles. The number of esters is 1. The zero-order valence-electron chi connectivity index (χ0n) is 19.2. The largest absolute Gasteiger partial charge is 0.497 e. The lowest BCUT2D eigenvalue weighted by atomic mass is 9.74. The molecule has 0 spiro atoms. The third-order valence-electron chi connectivity index (χ3n) is 7.26. The van der Waals surface area contributed by atoms with E-state index in [0.29, 0.717) is 18.1 Å². The number of methoxy groups -OCH3 is 1. The molecule has 35 heavy (non-hydrogen) atoms. The molecule has 1 saturated carbocycles. The monoisotopic (exact) mass is 487 g/mol. The summed E-state index contributed by atoms with van der Waals surface area (Å²) in [6, 6.07) is 21.4. The highest BCUT2D eigenvalue weighted by Crippen LogP contribution is 2.46. The smallest absolute Gasteiger partial charge is 0.311 e. The second-order valence-electron chi connectivity index (χ2n) is 9.18. The van der Waals surface area contributed by atoms with Crippen molar-refractivity contribution in [2.45, 2.75) is 37.3 Å². The number of aliphatic hydroxyl groups is 1. The predicted molar refractivity (Wildman–Crippen MR) is 135 cm³/mol. The van der Waals surface area contributed by atoms with Crippen molar-refractivity contribution in [2.24, 2.45) is 5.92 Å². The lowest BCUT2D eigenvalue weighted by Gasteiger charge is -2.49. The van der Waals surface area contributed by atoms with Gasteiger partial charge in [-0.1, -0.05) is 30.3 Å². The summed E-state index contributed by atoms with van der Waals surface area (Å²) in [4.78, 5) is 21.3. The molecule has 1 aliphatic carbocycles. The van der Waals surface area contributed by atoms with Crippen molar-refractivity contribution >= 4 is 29.0 Å². The summed E-state index contributed by atoms with van der Waals surface area (Å²) in [7, 11) is 1.63. The number of ether oxygens (including phenoxy) is 2. The summed E-state index contributed by atoms with van der Waals surface area (Å²) in [6.07, 6.45) is 0.843. The van der Waals surface area contributed by atoms with Gasteiger partial charge in [-0.05, 0) is 60.6 Å². The maximum absolute atomic E-state index is 12.7. The van der Waals surface area contributed by atoms with E-state index >= 15 is 0 Å². The Labute approximate surface area is 208 Å². The molecule has 5 unspecified atom stereocenters. The number of thiocarbonyl (C=S) groups is 1. The number of nitrogens with zero attached hydrogens (tertiary/aromatic N) is 3. The van der Waals surface area contributed by atoms with E-state index in [2.05, 4.69) is 39.0 Å². The third-order valence-corrected chi connectivity index (χ3v) is 7.69. The molecule has 178 valence electrons. The number of carbonyl (C=O) groups is 1. The number of aromatic nitrogens is 1. The van der Waals surface area contributed by atoms with Gasteiger partial charge in [0.25, 0.3) is 0 Å². The standard InChI is InChI=1S/C27H25N3O4S/c1-33-19-11-9-18(10-12-19)30-23-20-14-22(31)25(34-26(20)32)24(23)29(27(30)35)15-16-5-7-17(8-6-16)21-4-2-3-13-28-21/h2-13,20,22-25,31H,14-15H2,1H3. The van der Waals surface area contributed by atoms with Crippen molar-refractivity contribution in [2.75, 3.05) is 12.0 Å². The van der Waals surface area contributed by atoms with Gasteiger partial charge in [0.2, 0.25) is 0 Å². The molecule has 7 rings (SSSR count). The van der Waals surface area contributed by atoms with Crippen LogP contribution in [0.1, 0.15) is 12.0 Å². The number of fused-ring (bicyclic) bond motifs is 2. The highest BCUT2D eigenvalue weighted by atomic mass is 32.1. The Bertz CT molecular complexity index is 1250. The molecule has 4 fully saturated rings. The summed E-state index contributed by atoms with van der Waals surface area (Å²) in [6.45, 7) is 0.544. The van der Waals surface area contributed by atoms with E-state index in [1.807, 2.05) is 42.5 Å². The molecule has 0 amide bonds. The van der Waals surface area contributed by atoms with Crippen molar-refractivity contribution in [3.8, 4) is 17.0 Å². The van der Waals surface area contributed by atoms with Crippen LogP contribution in [0.2, 0.25) is 0 Å². The first-order valence-electron chi connectivity index (χ1n) is 11.7. The fourth-order valence-electron chi connectivity index (χ4n) is 5.60. The van der Waals surface area contributed by atoms with Crippen molar-refractivity contribution in [1.82, 2.24) is 9.88 Å². The zero-order valence-corrected chi connectivity index (χ0v) is 20.0. The first-order valence-corrected chi connectivity index (χ1v) is 12.1. The fourth-order valence-corrected chi connectivity index (χ4v) is 6.01. The normalized spacial score (nSPS) is 27.1. The molecule has 3 aliphatic heterocycles. The summed E-state index contributed by atoms with van der Waals surface area (Å²) in [5.41, 5.74) is 3.93. The van der Waals surface area contributed by atoms with Crippen LogP contribution in [0.3, 0.4) is 0 Å². The van der Waals surface area contributed by atoms with Crippen LogP contribution in [-0.2, 0) is 16.1 Å². The average molecular weight is 488 g/mol. The van der Waals surface area contributed by atoms with E-state index in [1.54, 1.807) is 13.3 Å². The quantitative estimate of drug-likeness (QED) is 0.434. The van der Waals surface area contributed by atoms with Gasteiger partial charge in [-0.15, -0.1) is 0 Å². The molecule has 2 aromatic carbocycles. The van der Waals surface area contributed by atoms with Gasteiger partial charge in [0.1, 0.15) is 11.9 Å². The van der Waals surface area contributed by atoms with Gasteiger partial charge in [-0.25, -0.2) is 0 Å². The molecule has 2 bridgehead atoms. The molecule has 0 radical (unpaired) electrons. The van der Waals surface area contributed by atoms with E-state index in [0.717, 1.165) is 28.3 Å². The van der Waals surface area contributed by atoms with Crippen LogP contribution in [0.25, 0.3) is 11.3 Å². The van der Waals surface area contributed by atoms with Crippen LogP contribution in [0.4, 0.5) is 5.69 Å². The number of hydrogen-bond acceptors (Lipinski definition) is 6. The molecule has 3 aromatic rings. The minimum absolute atomic E-state index is 0.196. The number of benzene rings is 2. The lowest BCUT2D eigenvalue weighted by Crippen LogP contribution is -2.66. The maximum atomic E-state index is 12.7. The Balaban J connectivity index is 1.34. The summed E-state index contributed by atoms with van der Waals surface area (Å²) in [5, 5.41) is 11.4. The highest BCUT2D eigenvalue weighted by Gasteiger charge is 2.62. The molecule has 5 atom stereocenters. The Morgan fingerprint density at radius 3 is 2.54 bits per heavy atom. The number of aliphatic hydroxyl groups excluding tert-OH is 1. The molecule has 8 heteroatoms. The van der Waals surface area contributed by atoms with Crippen LogP contribution in [0, 0.1) is 5.92 Å². The van der Waals surface area contributed by atoms with E-state index in [4.69, 9.17) is 21.7 Å². The van der Waals surface area contributed by atoms with Crippen LogP contribution >= 0.6 is 12.2 Å². The number of rotatable bonds is 5. The second-order valence-corrected chi connectivity index (χ2v) is 9.55. The Kier molecular flexibility index (Phi) is 5.42. The maximum Gasteiger partial charge on any atom is 0.311 e. The fraction of sp³-hybridized carbons (Fsp3) is 0.296. The Morgan fingerprint density at radius 2 is 1.86 bits per heavy atom. The molecule has 1 N–H and O–H groups in total. The number of carbonyl (C=O) groups excluding carboxylic acids is 1. The molecule has 4 aliphatic rings. The summed E-state index contributed by atoms with van der Waals surface area (Å²) < 4.78 is 11.0. The molecule has 4 heterocycles. The van der Waals surface area contributed by atoms with Gasteiger partial charge in [0.05, 0.1) is 36.9 Å². The minimum atomic E-state index is -0.702. The van der Waals surface area contributed by atoms with Gasteiger partial charge in [-0.3, -0.25) is 9.78 Å². The Hall–Kier alpha value is -3.49. The number of pyridine rings is 1. The second kappa shape index (κ2) is 8.62. The number of anilines is 1. The SMILES string of the molecule is COc1ccc(N2C(=S)N(Cc3ccc(-c4ccccn4)cc3)C3C4OC(=O)C(CC4O)C32)cc1. The lowest BCUT2D eigenvalue weighted by molar-refractivity contribution is -0.194. The van der Waals surface area contributed by atoms with E-state index in [-0.39, 0.29) is 18.1 Å². The number of hydrogen-bond donors (Lipinski definition) is 1. The van der Waals surface area contributed by atoms with E-state index in [1.165, 1.54) is 0 Å². The average Bonchev–Trinajstić information content (AvgIpc) is 3.18. The first-order chi connectivity index (χ1) is 17.0. The minimum Gasteiger partial charge on any atom is -0.497 e. The van der Waals surface area contributed by atoms with Crippen LogP contribution in [-0.4, -0.2) is 57.5 Å². The van der Waals surface area contributed by atoms with Gasteiger partial charge < -0.3 is 24.4 Å². The zero-order chi connectivity index (χ0) is 24.1. The summed E-state index contributed by atoms with van der Waals surface area (Å²) >= 11 is 5.99. The van der Waals surface area contributed by atoms with Crippen molar-refractivity contribution in [3.63, 3.8) is 0 Å². The van der Waals surface area contributed by atoms with E-state index < -0.39 is 18.1 Å². The Morgan fingerprint density at radius 1 is 1.09 bits per heavy atom. The van der Waals surface area contributed by atoms with Crippen molar-refractivity contribution in [3.05, 3.63) is 78.5 Å². The van der Waals surface area contributed by atoms with Crippen LogP contribution in [0.5, 0.6) is 5.75 Å². The third kappa shape index (κ3) is 3.64. The van der Waals surface area contributed by atoms with Gasteiger partial charge in [-0.2, -0.15) is 0 Å². The van der Waals surface area contributed by atoms with Gasteiger partial charge in [0.15, 0.2) is 5.11 Å². The molecule has 1 aromatic heterocycles. The van der Waals surface area contributed by atoms with Crippen LogP contribution < -0.4 is 9.64 Å². The van der Waals surface area contributed by atoms with E-state index in [9.17, 15) is 9.90 Å². The first kappa shape index (κ1) is 22.0. The van der Waals surface area contributed by atoms with Crippen molar-refractivity contribution in [1.29, 1.82) is 0 Å². The molecular weight excluding hydrogens is 462 g/mol. The van der Waals surface area contributed by atoms with Crippen LogP contribution in [0.15, 0.2) is 72.9 Å². The van der Waals surface area contributed by atoms with Gasteiger partial charge in [0, 0.05) is 24.0 Å². The highest BCUT2D eigenvalue weighted by molar-refractivity contribution is 7.80. The molecular formula is C27H25N3O4S. The van der Waals surface area contributed by atoms with Crippen molar-refractivity contribution < 1.29 is 19.4 Å². The summed E-state index contributed by atoms with van der Waals surface area (Å²) in [5.74, 6) is 0.0428. The van der Waals surface area contributed by atoms with Gasteiger partial charge >= 0.3 is 5.97 Å². The predicted octanol–water partition coefficient (Wildman–Crippen LogP) is 3.41.